The van der Waals surface area contributed by atoms with Gasteiger partial charge in [0.25, 0.3) is 0 Å². The monoisotopic (exact) mass is 250 g/mol. The van der Waals surface area contributed by atoms with Gasteiger partial charge < -0.3 is 9.32 Å². The average Bonchev–Trinajstić information content (AvgIpc) is 2.76. The van der Waals surface area contributed by atoms with E-state index >= 15 is 0 Å². The number of amides is 1. The lowest BCUT2D eigenvalue weighted by Crippen LogP contribution is -2.45. The highest BCUT2D eigenvalue weighted by Gasteiger charge is 2.27. The third-order valence-electron chi connectivity index (χ3n) is 3.68. The molecule has 1 saturated heterocycles. The fourth-order valence-electron chi connectivity index (χ4n) is 2.55. The second-order valence-electron chi connectivity index (χ2n) is 5.17. The zero-order valence-electron chi connectivity index (χ0n) is 11.3. The van der Waals surface area contributed by atoms with Crippen LogP contribution in [0.1, 0.15) is 31.2 Å². The summed E-state index contributed by atoms with van der Waals surface area (Å²) in [4.78, 5) is 16.4. The number of furan rings is 1. The predicted octanol–water partition coefficient (Wildman–Crippen LogP) is 2.11. The van der Waals surface area contributed by atoms with Crippen molar-refractivity contribution in [2.24, 2.45) is 0 Å². The highest BCUT2D eigenvalue weighted by molar-refractivity contribution is 5.81. The van der Waals surface area contributed by atoms with Gasteiger partial charge in [0.1, 0.15) is 0 Å². The predicted molar refractivity (Wildman–Crippen MR) is 70.1 cm³/mol. The van der Waals surface area contributed by atoms with Gasteiger partial charge in [0.05, 0.1) is 18.6 Å². The van der Waals surface area contributed by atoms with Crippen LogP contribution in [0, 0.1) is 0 Å². The SMILES string of the molecule is CN(Cc1ccoc1)C(=O)C1CCCCCN1C. The van der Waals surface area contributed by atoms with Crippen molar-refractivity contribution in [3.8, 4) is 0 Å². The van der Waals surface area contributed by atoms with Gasteiger partial charge in [-0.15, -0.1) is 0 Å². The van der Waals surface area contributed by atoms with Gasteiger partial charge in [-0.2, -0.15) is 0 Å². The lowest BCUT2D eigenvalue weighted by atomic mass is 10.1. The van der Waals surface area contributed by atoms with E-state index in [0.717, 1.165) is 24.9 Å². The molecule has 0 bridgehead atoms. The van der Waals surface area contributed by atoms with Crippen LogP contribution in [0.4, 0.5) is 0 Å². The molecule has 1 aliphatic rings. The van der Waals surface area contributed by atoms with Crippen molar-refractivity contribution in [3.63, 3.8) is 0 Å². The quantitative estimate of drug-likeness (QED) is 0.824. The van der Waals surface area contributed by atoms with Gasteiger partial charge in [-0.3, -0.25) is 9.69 Å². The minimum atomic E-state index is 0.0457. The van der Waals surface area contributed by atoms with E-state index in [1.807, 2.05) is 13.1 Å². The summed E-state index contributed by atoms with van der Waals surface area (Å²) in [6.07, 6.45) is 7.91. The lowest BCUT2D eigenvalue weighted by molar-refractivity contribution is -0.135. The summed E-state index contributed by atoms with van der Waals surface area (Å²) in [5, 5.41) is 0. The van der Waals surface area contributed by atoms with Crippen molar-refractivity contribution in [2.75, 3.05) is 20.6 Å². The molecular formula is C14H22N2O2. The van der Waals surface area contributed by atoms with Crippen molar-refractivity contribution in [3.05, 3.63) is 24.2 Å². The van der Waals surface area contributed by atoms with Crippen molar-refractivity contribution < 1.29 is 9.21 Å². The molecule has 0 saturated carbocycles. The summed E-state index contributed by atoms with van der Waals surface area (Å²) in [6.45, 7) is 1.65. The molecule has 18 heavy (non-hydrogen) atoms. The normalized spacial score (nSPS) is 21.6. The second kappa shape index (κ2) is 6.05. The molecule has 1 amide bonds. The Balaban J connectivity index is 1.96. The molecule has 0 aromatic carbocycles. The summed E-state index contributed by atoms with van der Waals surface area (Å²) in [5.41, 5.74) is 1.04. The van der Waals surface area contributed by atoms with E-state index < -0.39 is 0 Å². The molecule has 1 fully saturated rings. The molecule has 0 aliphatic carbocycles. The van der Waals surface area contributed by atoms with Crippen molar-refractivity contribution >= 4 is 5.91 Å². The Kier molecular flexibility index (Phi) is 4.42. The summed E-state index contributed by atoms with van der Waals surface area (Å²) in [6, 6.07) is 1.95. The van der Waals surface area contributed by atoms with E-state index in [9.17, 15) is 4.79 Å². The van der Waals surface area contributed by atoms with Crippen molar-refractivity contribution in [1.29, 1.82) is 0 Å². The van der Waals surface area contributed by atoms with E-state index in [0.29, 0.717) is 6.54 Å². The molecule has 4 nitrogen and oxygen atoms in total. The number of likely N-dealkylation sites (tertiary alicyclic amines) is 1. The zero-order chi connectivity index (χ0) is 13.0. The molecule has 1 aromatic heterocycles. The topological polar surface area (TPSA) is 36.7 Å². The Morgan fingerprint density at radius 1 is 1.50 bits per heavy atom. The number of hydrogen-bond acceptors (Lipinski definition) is 3. The maximum absolute atomic E-state index is 12.4. The van der Waals surface area contributed by atoms with Crippen LogP contribution in [0.3, 0.4) is 0 Å². The van der Waals surface area contributed by atoms with Crippen LogP contribution in [-0.4, -0.2) is 42.4 Å². The molecular weight excluding hydrogens is 228 g/mol. The fraction of sp³-hybridized carbons (Fsp3) is 0.643. The first-order chi connectivity index (χ1) is 8.68. The minimum Gasteiger partial charge on any atom is -0.472 e. The Hall–Kier alpha value is -1.29. The standard InChI is InChI=1S/C14H22N2O2/c1-15-8-5-3-4-6-13(15)14(17)16(2)10-12-7-9-18-11-12/h7,9,11,13H,3-6,8,10H2,1-2H3. The molecule has 0 radical (unpaired) electrons. The first-order valence-corrected chi connectivity index (χ1v) is 6.65. The minimum absolute atomic E-state index is 0.0457. The molecule has 100 valence electrons. The Morgan fingerprint density at radius 2 is 2.33 bits per heavy atom. The number of rotatable bonds is 3. The van der Waals surface area contributed by atoms with Gasteiger partial charge in [-0.25, -0.2) is 0 Å². The van der Waals surface area contributed by atoms with Gasteiger partial charge in [0.2, 0.25) is 5.91 Å². The van der Waals surface area contributed by atoms with E-state index in [-0.39, 0.29) is 11.9 Å². The molecule has 1 aliphatic heterocycles. The molecule has 0 spiro atoms. The molecule has 1 aromatic rings. The Morgan fingerprint density at radius 3 is 3.06 bits per heavy atom. The summed E-state index contributed by atoms with van der Waals surface area (Å²) in [7, 11) is 3.92. The van der Waals surface area contributed by atoms with Gasteiger partial charge >= 0.3 is 0 Å². The number of nitrogens with zero attached hydrogens (tertiary/aromatic N) is 2. The second-order valence-corrected chi connectivity index (χ2v) is 5.17. The van der Waals surface area contributed by atoms with Crippen LogP contribution < -0.4 is 0 Å². The summed E-state index contributed by atoms with van der Waals surface area (Å²) < 4.78 is 5.03. The molecule has 1 atom stereocenters. The van der Waals surface area contributed by atoms with Crippen LogP contribution in [0.5, 0.6) is 0 Å². The maximum atomic E-state index is 12.4. The number of carbonyl (C=O) groups is 1. The van der Waals surface area contributed by atoms with Crippen LogP contribution >= 0.6 is 0 Å². The molecule has 4 heteroatoms. The van der Waals surface area contributed by atoms with E-state index in [1.165, 1.54) is 12.8 Å². The molecule has 1 unspecified atom stereocenters. The third kappa shape index (κ3) is 3.13. The Bertz CT molecular complexity index is 375. The Labute approximate surface area is 109 Å². The van der Waals surface area contributed by atoms with E-state index in [4.69, 9.17) is 4.42 Å². The first kappa shape index (κ1) is 13.1. The van der Waals surface area contributed by atoms with E-state index in [1.54, 1.807) is 17.4 Å². The van der Waals surface area contributed by atoms with Crippen LogP contribution in [0.2, 0.25) is 0 Å². The largest absolute Gasteiger partial charge is 0.472 e. The number of carbonyl (C=O) groups excluding carboxylic acids is 1. The molecule has 2 rings (SSSR count). The van der Waals surface area contributed by atoms with Crippen LogP contribution in [0.15, 0.2) is 23.0 Å². The molecule has 2 heterocycles. The van der Waals surface area contributed by atoms with Crippen molar-refractivity contribution in [2.45, 2.75) is 38.3 Å². The van der Waals surface area contributed by atoms with Crippen molar-refractivity contribution in [1.82, 2.24) is 9.80 Å². The van der Waals surface area contributed by atoms with Gasteiger partial charge in [-0.1, -0.05) is 12.8 Å². The number of hydrogen-bond donors (Lipinski definition) is 0. The van der Waals surface area contributed by atoms with Gasteiger partial charge in [0, 0.05) is 19.2 Å². The smallest absolute Gasteiger partial charge is 0.239 e. The van der Waals surface area contributed by atoms with E-state index in [2.05, 4.69) is 11.9 Å². The summed E-state index contributed by atoms with van der Waals surface area (Å²) >= 11 is 0. The molecule has 0 N–H and O–H groups in total. The lowest BCUT2D eigenvalue weighted by Gasteiger charge is -2.28. The third-order valence-corrected chi connectivity index (χ3v) is 3.68. The average molecular weight is 250 g/mol. The summed E-state index contributed by atoms with van der Waals surface area (Å²) in [5.74, 6) is 0.223. The van der Waals surface area contributed by atoms with Gasteiger partial charge in [-0.05, 0) is 32.5 Å². The van der Waals surface area contributed by atoms with Crippen LogP contribution in [-0.2, 0) is 11.3 Å². The zero-order valence-corrected chi connectivity index (χ0v) is 11.3. The number of likely N-dealkylation sites (N-methyl/N-ethyl adjacent to an activating group) is 2. The maximum Gasteiger partial charge on any atom is 0.239 e. The first-order valence-electron chi connectivity index (χ1n) is 6.65. The van der Waals surface area contributed by atoms with Gasteiger partial charge in [0.15, 0.2) is 0 Å². The highest BCUT2D eigenvalue weighted by Crippen LogP contribution is 2.17. The fourth-order valence-corrected chi connectivity index (χ4v) is 2.55. The highest BCUT2D eigenvalue weighted by atomic mass is 16.3. The van der Waals surface area contributed by atoms with Crippen LogP contribution in [0.25, 0.3) is 0 Å².